The van der Waals surface area contributed by atoms with Crippen molar-refractivity contribution < 1.29 is 17.9 Å². The molecule has 1 saturated heterocycles. The van der Waals surface area contributed by atoms with Crippen molar-refractivity contribution in [2.75, 3.05) is 40.3 Å². The van der Waals surface area contributed by atoms with Crippen molar-refractivity contribution in [1.29, 1.82) is 0 Å². The zero-order valence-electron chi connectivity index (χ0n) is 16.7. The topological polar surface area (TPSA) is 79.6 Å². The van der Waals surface area contributed by atoms with Crippen molar-refractivity contribution in [2.24, 2.45) is 10.9 Å². The molecule has 2 atom stereocenters. The summed E-state index contributed by atoms with van der Waals surface area (Å²) in [4.78, 5) is 10.2. The van der Waals surface area contributed by atoms with E-state index in [-0.39, 0.29) is 35.9 Å². The second-order valence-corrected chi connectivity index (χ2v) is 7.40. The summed E-state index contributed by atoms with van der Waals surface area (Å²) < 4.78 is 44.5. The Balaban J connectivity index is 0.00000300. The maximum absolute atomic E-state index is 12.5. The van der Waals surface area contributed by atoms with Crippen LogP contribution in [0, 0.1) is 5.92 Å². The van der Waals surface area contributed by atoms with Gasteiger partial charge in [-0.2, -0.15) is 18.3 Å². The number of hydrogen-bond acceptors (Lipinski definition) is 5. The van der Waals surface area contributed by atoms with Crippen LogP contribution in [0.15, 0.2) is 4.99 Å². The Hall–Kier alpha value is -1.15. The number of guanidine groups is 1. The van der Waals surface area contributed by atoms with Crippen LogP contribution in [0.4, 0.5) is 13.2 Å². The van der Waals surface area contributed by atoms with Gasteiger partial charge in [0.1, 0.15) is 12.4 Å². The average Bonchev–Trinajstić information content (AvgIpc) is 3.23. The number of nitrogens with zero attached hydrogens (tertiary/aromatic N) is 5. The molecule has 1 aromatic heterocycles. The molecule has 166 valence electrons. The first-order valence-corrected chi connectivity index (χ1v) is 9.54. The number of ether oxygens (including phenoxy) is 1. The first-order valence-electron chi connectivity index (χ1n) is 9.54. The van der Waals surface area contributed by atoms with E-state index in [0.717, 1.165) is 25.1 Å². The standard InChI is InChI=1S/C17H28F3N7O.HI/c1-21-16(22-7-12-5-6-26(8-12)11-17(18,19)20)23-13-3-4-15-24-14(10-28-2)25-27(15)9-13;/h12-13H,3-11H2,1-2H3,(H2,21,22,23);1H. The summed E-state index contributed by atoms with van der Waals surface area (Å²) in [5.74, 6) is 2.50. The third kappa shape index (κ3) is 7.24. The van der Waals surface area contributed by atoms with Crippen LogP contribution in [0.1, 0.15) is 24.5 Å². The molecule has 0 amide bonds. The third-order valence-electron chi connectivity index (χ3n) is 5.07. The number of rotatable bonds is 6. The number of likely N-dealkylation sites (tertiary alicyclic amines) is 1. The molecule has 1 aromatic rings. The van der Waals surface area contributed by atoms with Gasteiger partial charge >= 0.3 is 6.18 Å². The van der Waals surface area contributed by atoms with Crippen molar-refractivity contribution in [3.05, 3.63) is 11.6 Å². The monoisotopic (exact) mass is 531 g/mol. The maximum Gasteiger partial charge on any atom is 0.401 e. The normalized spacial score (nSPS) is 22.9. The Morgan fingerprint density at radius 3 is 2.79 bits per heavy atom. The molecule has 0 spiro atoms. The molecule has 0 aromatic carbocycles. The summed E-state index contributed by atoms with van der Waals surface area (Å²) in [7, 11) is 3.31. The van der Waals surface area contributed by atoms with Crippen LogP contribution in [-0.2, 0) is 24.3 Å². The Bertz CT molecular complexity index is 682. The second kappa shape index (κ2) is 10.8. The SMILES string of the molecule is CN=C(NCC1CCN(CC(F)(F)F)C1)NC1CCc2nc(COC)nn2C1.I. The van der Waals surface area contributed by atoms with Crippen LogP contribution in [0.25, 0.3) is 0 Å². The highest BCUT2D eigenvalue weighted by Crippen LogP contribution is 2.22. The number of hydrogen-bond donors (Lipinski definition) is 2. The lowest BCUT2D eigenvalue weighted by atomic mass is 10.1. The number of halogens is 4. The fraction of sp³-hybridized carbons (Fsp3) is 0.824. The minimum atomic E-state index is -4.13. The van der Waals surface area contributed by atoms with Crippen molar-refractivity contribution in [3.63, 3.8) is 0 Å². The summed E-state index contributed by atoms with van der Waals surface area (Å²) in [5.41, 5.74) is 0. The zero-order chi connectivity index (χ0) is 20.1. The average molecular weight is 531 g/mol. The summed E-state index contributed by atoms with van der Waals surface area (Å²) in [6.07, 6.45) is -1.65. The van der Waals surface area contributed by atoms with E-state index >= 15 is 0 Å². The van der Waals surface area contributed by atoms with E-state index in [1.165, 1.54) is 4.90 Å². The highest BCUT2D eigenvalue weighted by atomic mass is 127. The smallest absolute Gasteiger partial charge is 0.377 e. The van der Waals surface area contributed by atoms with Gasteiger partial charge in [0.2, 0.25) is 0 Å². The number of aliphatic imine (C=N–C) groups is 1. The minimum Gasteiger partial charge on any atom is -0.377 e. The largest absolute Gasteiger partial charge is 0.401 e. The van der Waals surface area contributed by atoms with Gasteiger partial charge in [0, 0.05) is 39.7 Å². The van der Waals surface area contributed by atoms with E-state index in [9.17, 15) is 13.2 Å². The van der Waals surface area contributed by atoms with Gasteiger partial charge in [-0.05, 0) is 25.3 Å². The lowest BCUT2D eigenvalue weighted by Crippen LogP contribution is -2.48. The minimum absolute atomic E-state index is 0. The third-order valence-corrected chi connectivity index (χ3v) is 5.07. The van der Waals surface area contributed by atoms with Crippen molar-refractivity contribution in [2.45, 2.75) is 44.6 Å². The molecule has 3 heterocycles. The molecule has 2 aliphatic rings. The van der Waals surface area contributed by atoms with E-state index in [1.807, 2.05) is 4.68 Å². The molecule has 2 aliphatic heterocycles. The van der Waals surface area contributed by atoms with Crippen molar-refractivity contribution in [3.8, 4) is 0 Å². The van der Waals surface area contributed by atoms with Crippen LogP contribution < -0.4 is 10.6 Å². The Morgan fingerprint density at radius 2 is 2.10 bits per heavy atom. The van der Waals surface area contributed by atoms with Gasteiger partial charge in [-0.25, -0.2) is 9.67 Å². The number of aromatic nitrogens is 3. The summed E-state index contributed by atoms with van der Waals surface area (Å²) in [5, 5.41) is 11.1. The van der Waals surface area contributed by atoms with E-state index in [4.69, 9.17) is 4.74 Å². The predicted molar refractivity (Wildman–Crippen MR) is 113 cm³/mol. The summed E-state index contributed by atoms with van der Waals surface area (Å²) in [6, 6.07) is 0.168. The molecule has 0 radical (unpaired) electrons. The van der Waals surface area contributed by atoms with Crippen molar-refractivity contribution >= 4 is 29.9 Å². The molecular weight excluding hydrogens is 502 g/mol. The van der Waals surface area contributed by atoms with Gasteiger partial charge in [-0.15, -0.1) is 24.0 Å². The number of methoxy groups -OCH3 is 1. The van der Waals surface area contributed by atoms with Crippen LogP contribution in [-0.4, -0.2) is 78.2 Å². The fourth-order valence-corrected chi connectivity index (χ4v) is 3.77. The molecule has 0 aliphatic carbocycles. The molecule has 3 rings (SSSR count). The molecule has 8 nitrogen and oxygen atoms in total. The van der Waals surface area contributed by atoms with E-state index in [2.05, 4.69) is 25.7 Å². The van der Waals surface area contributed by atoms with Gasteiger partial charge in [-0.1, -0.05) is 0 Å². The fourth-order valence-electron chi connectivity index (χ4n) is 3.77. The molecule has 0 saturated carbocycles. The van der Waals surface area contributed by atoms with Gasteiger partial charge in [0.05, 0.1) is 13.1 Å². The lowest BCUT2D eigenvalue weighted by molar-refractivity contribution is -0.143. The zero-order valence-corrected chi connectivity index (χ0v) is 19.0. The highest BCUT2D eigenvalue weighted by Gasteiger charge is 2.34. The Labute approximate surface area is 185 Å². The van der Waals surface area contributed by atoms with Crippen LogP contribution in [0.2, 0.25) is 0 Å². The molecular formula is C17H29F3IN7O. The summed E-state index contributed by atoms with van der Waals surface area (Å²) in [6.45, 7) is 1.80. The highest BCUT2D eigenvalue weighted by molar-refractivity contribution is 14.0. The maximum atomic E-state index is 12.5. The molecule has 0 bridgehead atoms. The predicted octanol–water partition coefficient (Wildman–Crippen LogP) is 1.41. The molecule has 2 unspecified atom stereocenters. The van der Waals surface area contributed by atoms with Crippen LogP contribution in [0.5, 0.6) is 0 Å². The quantitative estimate of drug-likeness (QED) is 0.329. The number of alkyl halides is 3. The van der Waals surface area contributed by atoms with Crippen LogP contribution >= 0.6 is 24.0 Å². The second-order valence-electron chi connectivity index (χ2n) is 7.40. The molecule has 1 fully saturated rings. The molecule has 2 N–H and O–H groups in total. The van der Waals surface area contributed by atoms with Gasteiger partial charge < -0.3 is 15.4 Å². The first-order chi connectivity index (χ1) is 13.4. The van der Waals surface area contributed by atoms with Gasteiger partial charge in [-0.3, -0.25) is 9.89 Å². The van der Waals surface area contributed by atoms with E-state index in [0.29, 0.717) is 44.6 Å². The molecule has 29 heavy (non-hydrogen) atoms. The summed E-state index contributed by atoms with van der Waals surface area (Å²) >= 11 is 0. The van der Waals surface area contributed by atoms with Crippen LogP contribution in [0.3, 0.4) is 0 Å². The number of fused-ring (bicyclic) bond motifs is 1. The van der Waals surface area contributed by atoms with Gasteiger partial charge in [0.25, 0.3) is 0 Å². The lowest BCUT2D eigenvalue weighted by Gasteiger charge is -2.26. The first kappa shape index (κ1) is 24.1. The van der Waals surface area contributed by atoms with E-state index < -0.39 is 12.7 Å². The Morgan fingerprint density at radius 1 is 1.31 bits per heavy atom. The number of aryl methyl sites for hydroxylation is 1. The number of nitrogens with one attached hydrogen (secondary N) is 2. The van der Waals surface area contributed by atoms with Gasteiger partial charge in [0.15, 0.2) is 11.8 Å². The van der Waals surface area contributed by atoms with Crippen molar-refractivity contribution in [1.82, 2.24) is 30.3 Å². The molecule has 12 heteroatoms. The Kier molecular flexibility index (Phi) is 8.94. The van der Waals surface area contributed by atoms with E-state index in [1.54, 1.807) is 14.2 Å².